The number of nitrogens with one attached hydrogen (secondary N) is 5. The Morgan fingerprint density at radius 2 is 1.11 bits per heavy atom. The van der Waals surface area contributed by atoms with E-state index < -0.39 is 53.7 Å². The quantitative estimate of drug-likeness (QED) is 0.197. The van der Waals surface area contributed by atoms with E-state index in [0.29, 0.717) is 0 Å². The van der Waals surface area contributed by atoms with Gasteiger partial charge in [-0.2, -0.15) is 25.3 Å². The number of amides is 5. The number of likely N-dealkylation sites (N-methyl/N-ethyl adjacent to an activating group) is 1. The van der Waals surface area contributed by atoms with Crippen molar-refractivity contribution in [3.8, 4) is 0 Å². The van der Waals surface area contributed by atoms with Crippen LogP contribution in [0.15, 0.2) is 0 Å². The fourth-order valence-corrected chi connectivity index (χ4v) is 2.40. The van der Waals surface area contributed by atoms with Crippen molar-refractivity contribution in [2.24, 2.45) is 0 Å². The van der Waals surface area contributed by atoms with Crippen LogP contribution in [0.25, 0.3) is 0 Å². The highest BCUT2D eigenvalue weighted by molar-refractivity contribution is 7.80. The lowest BCUT2D eigenvalue weighted by Gasteiger charge is -2.22. The minimum atomic E-state index is -0.955. The van der Waals surface area contributed by atoms with Gasteiger partial charge >= 0.3 is 0 Å². The zero-order valence-electron chi connectivity index (χ0n) is 15.7. The summed E-state index contributed by atoms with van der Waals surface area (Å²) < 4.78 is 0. The van der Waals surface area contributed by atoms with E-state index in [0.717, 1.165) is 0 Å². The van der Waals surface area contributed by atoms with E-state index in [1.165, 1.54) is 27.8 Å². The topological polar surface area (TPSA) is 146 Å². The molecule has 12 heteroatoms. The summed E-state index contributed by atoms with van der Waals surface area (Å²) in [5.74, 6) is -2.41. The van der Waals surface area contributed by atoms with Gasteiger partial charge in [-0.1, -0.05) is 0 Å². The first-order chi connectivity index (χ1) is 12.6. The van der Waals surface area contributed by atoms with Crippen molar-refractivity contribution in [2.75, 3.05) is 18.6 Å². The van der Waals surface area contributed by atoms with Gasteiger partial charge in [-0.3, -0.25) is 24.0 Å². The van der Waals surface area contributed by atoms with Gasteiger partial charge in [-0.25, -0.2) is 0 Å². The Labute approximate surface area is 169 Å². The van der Waals surface area contributed by atoms with Gasteiger partial charge in [-0.05, 0) is 13.8 Å². The smallest absolute Gasteiger partial charge is 0.244 e. The van der Waals surface area contributed by atoms with Crippen LogP contribution in [0.4, 0.5) is 0 Å². The SMILES string of the molecule is CNC(=O)[C@H](CS)NC(=O)[C@@H](C)NC(=O)[C@@H](C)NC(=O)[C@H](CS)NC(C)=O. The van der Waals surface area contributed by atoms with E-state index in [2.05, 4.69) is 51.8 Å². The standard InChI is InChI=1S/C15H27N5O5S2/c1-7(18-15(25)11(6-27)19-9(3)21)12(22)17-8(2)13(23)20-10(5-26)14(24)16-4/h7-8,10-11,26-27H,5-6H2,1-4H3,(H,16,24)(H,17,22)(H,18,25)(H,19,21)(H,20,23)/t7-,8-,10+,11+/m1/s1. The Morgan fingerprint density at radius 1 is 0.704 bits per heavy atom. The van der Waals surface area contributed by atoms with Crippen molar-refractivity contribution in [3.05, 3.63) is 0 Å². The lowest BCUT2D eigenvalue weighted by atomic mass is 10.2. The van der Waals surface area contributed by atoms with Crippen LogP contribution in [0.3, 0.4) is 0 Å². The molecule has 0 rings (SSSR count). The van der Waals surface area contributed by atoms with Gasteiger partial charge in [0.05, 0.1) is 0 Å². The maximum atomic E-state index is 12.2. The molecule has 4 atom stereocenters. The normalized spacial score (nSPS) is 14.7. The van der Waals surface area contributed by atoms with Gasteiger partial charge in [0.15, 0.2) is 0 Å². The fourth-order valence-electron chi connectivity index (χ4n) is 1.89. The fraction of sp³-hybridized carbons (Fsp3) is 0.667. The Balaban J connectivity index is 4.68. The molecule has 0 bridgehead atoms. The van der Waals surface area contributed by atoms with Crippen molar-refractivity contribution in [2.45, 2.75) is 44.9 Å². The van der Waals surface area contributed by atoms with Crippen molar-refractivity contribution < 1.29 is 24.0 Å². The molecule has 0 unspecified atom stereocenters. The molecular weight excluding hydrogens is 394 g/mol. The Bertz CT molecular complexity index is 575. The molecule has 5 amide bonds. The largest absolute Gasteiger partial charge is 0.357 e. The first-order valence-corrected chi connectivity index (χ1v) is 9.45. The van der Waals surface area contributed by atoms with Crippen LogP contribution in [0.2, 0.25) is 0 Å². The van der Waals surface area contributed by atoms with E-state index in [1.54, 1.807) is 0 Å². The second-order valence-corrected chi connectivity index (χ2v) is 6.48. The first-order valence-electron chi connectivity index (χ1n) is 8.18. The summed E-state index contributed by atoms with van der Waals surface area (Å²) in [6.45, 7) is 4.13. The third-order valence-corrected chi connectivity index (χ3v) is 4.17. The van der Waals surface area contributed by atoms with E-state index in [9.17, 15) is 24.0 Å². The molecule has 0 aliphatic carbocycles. The summed E-state index contributed by atoms with van der Waals surface area (Å²) in [6.07, 6.45) is 0. The second-order valence-electron chi connectivity index (χ2n) is 5.75. The molecule has 0 aromatic rings. The van der Waals surface area contributed by atoms with E-state index in [-0.39, 0.29) is 11.5 Å². The maximum absolute atomic E-state index is 12.2. The summed E-state index contributed by atoms with van der Waals surface area (Å²) >= 11 is 7.98. The molecule has 0 heterocycles. The molecule has 0 aliphatic heterocycles. The van der Waals surface area contributed by atoms with Gasteiger partial charge in [0.2, 0.25) is 29.5 Å². The van der Waals surface area contributed by atoms with Gasteiger partial charge < -0.3 is 26.6 Å². The highest BCUT2D eigenvalue weighted by Crippen LogP contribution is 1.95. The first kappa shape index (κ1) is 25.1. The molecule has 5 N–H and O–H groups in total. The van der Waals surface area contributed by atoms with Crippen molar-refractivity contribution >= 4 is 54.8 Å². The van der Waals surface area contributed by atoms with Crippen LogP contribution >= 0.6 is 25.3 Å². The monoisotopic (exact) mass is 421 g/mol. The molecule has 0 fully saturated rings. The van der Waals surface area contributed by atoms with Crippen molar-refractivity contribution in [1.82, 2.24) is 26.6 Å². The van der Waals surface area contributed by atoms with Gasteiger partial charge in [-0.15, -0.1) is 0 Å². The van der Waals surface area contributed by atoms with Crippen LogP contribution in [0, 0.1) is 0 Å². The van der Waals surface area contributed by atoms with Crippen LogP contribution in [0.5, 0.6) is 0 Å². The maximum Gasteiger partial charge on any atom is 0.244 e. The zero-order chi connectivity index (χ0) is 21.1. The minimum Gasteiger partial charge on any atom is -0.357 e. The Hall–Kier alpha value is -1.95. The zero-order valence-corrected chi connectivity index (χ0v) is 17.4. The molecular formula is C15H27N5O5S2. The van der Waals surface area contributed by atoms with Gasteiger partial charge in [0.1, 0.15) is 24.2 Å². The number of thiol groups is 2. The molecule has 0 saturated heterocycles. The molecule has 0 aromatic carbocycles. The third kappa shape index (κ3) is 9.00. The summed E-state index contributed by atoms with van der Waals surface area (Å²) in [5, 5.41) is 12.1. The predicted octanol–water partition coefficient (Wildman–Crippen LogP) is -2.41. The molecule has 10 nitrogen and oxygen atoms in total. The molecule has 0 radical (unpaired) electrons. The van der Waals surface area contributed by atoms with Gasteiger partial charge in [0, 0.05) is 25.5 Å². The van der Waals surface area contributed by atoms with Crippen molar-refractivity contribution in [1.29, 1.82) is 0 Å². The third-order valence-electron chi connectivity index (χ3n) is 3.44. The highest BCUT2D eigenvalue weighted by Gasteiger charge is 2.26. The molecule has 27 heavy (non-hydrogen) atoms. The molecule has 0 aromatic heterocycles. The second kappa shape index (κ2) is 12.4. The average Bonchev–Trinajstić information content (AvgIpc) is 2.62. The van der Waals surface area contributed by atoms with E-state index >= 15 is 0 Å². The number of hydrogen-bond acceptors (Lipinski definition) is 7. The van der Waals surface area contributed by atoms with Gasteiger partial charge in [0.25, 0.3) is 0 Å². The number of rotatable bonds is 10. The summed E-state index contributed by atoms with van der Waals surface area (Å²) in [5.41, 5.74) is 0. The van der Waals surface area contributed by atoms with Crippen LogP contribution in [0.1, 0.15) is 20.8 Å². The van der Waals surface area contributed by atoms with Crippen LogP contribution in [-0.4, -0.2) is 72.3 Å². The summed E-state index contributed by atoms with van der Waals surface area (Å²) in [7, 11) is 1.43. The highest BCUT2D eigenvalue weighted by atomic mass is 32.1. The number of carbonyl (C=O) groups excluding carboxylic acids is 5. The average molecular weight is 422 g/mol. The Morgan fingerprint density at radius 3 is 1.52 bits per heavy atom. The van der Waals surface area contributed by atoms with E-state index in [4.69, 9.17) is 0 Å². The lowest BCUT2D eigenvalue weighted by Crippen LogP contribution is -2.57. The van der Waals surface area contributed by atoms with Crippen LogP contribution in [-0.2, 0) is 24.0 Å². The molecule has 0 aliphatic rings. The Kier molecular flexibility index (Phi) is 11.5. The van der Waals surface area contributed by atoms with Crippen molar-refractivity contribution in [3.63, 3.8) is 0 Å². The number of hydrogen-bond donors (Lipinski definition) is 7. The molecule has 0 saturated carbocycles. The predicted molar refractivity (Wildman–Crippen MR) is 107 cm³/mol. The van der Waals surface area contributed by atoms with Crippen LogP contribution < -0.4 is 26.6 Å². The van der Waals surface area contributed by atoms with E-state index in [1.807, 2.05) is 0 Å². The summed E-state index contributed by atoms with van der Waals surface area (Å²) in [6, 6.07) is -3.62. The minimum absolute atomic E-state index is 0.0587. The summed E-state index contributed by atoms with van der Waals surface area (Å²) in [4.78, 5) is 59.0. The number of carbonyl (C=O) groups is 5. The lowest BCUT2D eigenvalue weighted by molar-refractivity contribution is -0.133. The molecule has 0 spiro atoms. The molecule has 154 valence electrons.